The Labute approximate surface area is 265 Å². The summed E-state index contributed by atoms with van der Waals surface area (Å²) < 4.78 is 50.8. The van der Waals surface area contributed by atoms with Gasteiger partial charge in [0.1, 0.15) is 17.2 Å². The van der Waals surface area contributed by atoms with Crippen molar-refractivity contribution in [2.75, 3.05) is 33.4 Å². The topological polar surface area (TPSA) is 156 Å². The number of fused-ring (bicyclic) bond motifs is 2. The maximum absolute atomic E-state index is 13.4. The van der Waals surface area contributed by atoms with Crippen molar-refractivity contribution in [3.05, 3.63) is 102 Å². The lowest BCUT2D eigenvalue weighted by molar-refractivity contribution is -0.146. The van der Waals surface area contributed by atoms with E-state index in [1.807, 2.05) is 48.5 Å². The fraction of sp³-hybridized carbons (Fsp3) is 0.273. The molecule has 1 amide bonds. The number of allylic oxidation sites excluding steroid dienone is 1. The highest BCUT2D eigenvalue weighted by Gasteiger charge is 2.31. The molecular formula is C33H34N4O8S. The Morgan fingerprint density at radius 1 is 1.09 bits per heavy atom. The second kappa shape index (κ2) is 13.7. The summed E-state index contributed by atoms with van der Waals surface area (Å²) >= 11 is 0. The summed E-state index contributed by atoms with van der Waals surface area (Å²) in [5.74, 6) is 0.455. The Morgan fingerprint density at radius 3 is 2.65 bits per heavy atom. The van der Waals surface area contributed by atoms with E-state index in [1.165, 1.54) is 19.2 Å². The lowest BCUT2D eigenvalue weighted by Gasteiger charge is -2.29. The van der Waals surface area contributed by atoms with Crippen LogP contribution < -0.4 is 10.1 Å². The van der Waals surface area contributed by atoms with Gasteiger partial charge in [-0.25, -0.2) is 13.4 Å². The van der Waals surface area contributed by atoms with Crippen LogP contribution in [0.5, 0.6) is 5.75 Å². The fourth-order valence-electron chi connectivity index (χ4n) is 5.41. The minimum atomic E-state index is -3.93. The van der Waals surface area contributed by atoms with Crippen molar-refractivity contribution in [3.8, 4) is 5.75 Å². The number of hydrogen-bond acceptors (Lipinski definition) is 9. The number of ether oxygens (including phenoxy) is 3. The second-order valence-corrected chi connectivity index (χ2v) is 12.6. The molecule has 0 spiro atoms. The molecule has 3 heterocycles. The number of benzene rings is 3. The molecule has 240 valence electrons. The van der Waals surface area contributed by atoms with Gasteiger partial charge in [-0.15, -0.1) is 0 Å². The van der Waals surface area contributed by atoms with Crippen LogP contribution in [0, 0.1) is 0 Å². The molecule has 0 bridgehead atoms. The first-order valence-corrected chi connectivity index (χ1v) is 16.2. The maximum Gasteiger partial charge on any atom is 0.286 e. The Kier molecular flexibility index (Phi) is 9.35. The molecule has 6 rings (SSSR count). The van der Waals surface area contributed by atoms with E-state index in [2.05, 4.69) is 15.3 Å². The number of nitrogens with one attached hydrogen (secondary N) is 2. The van der Waals surface area contributed by atoms with Crippen LogP contribution in [-0.2, 0) is 30.8 Å². The average Bonchev–Trinajstić information content (AvgIpc) is 3.71. The third kappa shape index (κ3) is 6.77. The zero-order valence-corrected chi connectivity index (χ0v) is 25.9. The quantitative estimate of drug-likeness (QED) is 0.172. The van der Waals surface area contributed by atoms with Gasteiger partial charge in [-0.05, 0) is 48.5 Å². The molecule has 2 atom stereocenters. The van der Waals surface area contributed by atoms with Crippen LogP contribution in [0.4, 0.5) is 0 Å². The first kappa shape index (κ1) is 31.3. The molecule has 0 saturated carbocycles. The Hall–Kier alpha value is -4.69. The van der Waals surface area contributed by atoms with Crippen molar-refractivity contribution in [2.45, 2.75) is 30.1 Å². The molecule has 0 saturated heterocycles. The van der Waals surface area contributed by atoms with E-state index in [4.69, 9.17) is 18.6 Å². The molecule has 2 aromatic heterocycles. The van der Waals surface area contributed by atoms with Gasteiger partial charge < -0.3 is 34.0 Å². The highest BCUT2D eigenvalue weighted by molar-refractivity contribution is 7.89. The molecule has 1 aliphatic rings. The van der Waals surface area contributed by atoms with Crippen molar-refractivity contribution in [1.82, 2.24) is 19.6 Å². The third-order valence-corrected chi connectivity index (χ3v) is 9.65. The number of sulfonamides is 1. The summed E-state index contributed by atoms with van der Waals surface area (Å²) in [6.07, 6.45) is 2.91. The minimum absolute atomic E-state index is 0.0488. The van der Waals surface area contributed by atoms with E-state index in [0.29, 0.717) is 23.6 Å². The zero-order valence-electron chi connectivity index (χ0n) is 25.1. The molecule has 3 aromatic carbocycles. The van der Waals surface area contributed by atoms with Crippen LogP contribution in [0.25, 0.3) is 22.0 Å². The number of aliphatic hydroxyl groups is 1. The number of aliphatic hydroxyl groups excluding tert-OH is 1. The van der Waals surface area contributed by atoms with Crippen LogP contribution in [0.15, 0.2) is 100 Å². The summed E-state index contributed by atoms with van der Waals surface area (Å²) in [6, 6.07) is 21.2. The molecule has 13 heteroatoms. The van der Waals surface area contributed by atoms with Gasteiger partial charge in [0.25, 0.3) is 5.91 Å². The van der Waals surface area contributed by atoms with Crippen molar-refractivity contribution >= 4 is 37.9 Å². The number of imidazole rings is 1. The van der Waals surface area contributed by atoms with Crippen molar-refractivity contribution < 1.29 is 36.9 Å². The monoisotopic (exact) mass is 646 g/mol. The first-order valence-electron chi connectivity index (χ1n) is 14.8. The van der Waals surface area contributed by atoms with Crippen LogP contribution >= 0.6 is 0 Å². The van der Waals surface area contributed by atoms with E-state index < -0.39 is 22.2 Å². The van der Waals surface area contributed by atoms with Gasteiger partial charge in [-0.3, -0.25) is 4.79 Å². The summed E-state index contributed by atoms with van der Waals surface area (Å²) in [5.41, 5.74) is 3.25. The molecule has 1 aliphatic heterocycles. The van der Waals surface area contributed by atoms with Gasteiger partial charge in [0.15, 0.2) is 5.76 Å². The summed E-state index contributed by atoms with van der Waals surface area (Å²) in [7, 11) is -2.43. The average molecular weight is 647 g/mol. The smallest absolute Gasteiger partial charge is 0.286 e. The van der Waals surface area contributed by atoms with Crippen molar-refractivity contribution in [2.24, 2.45) is 0 Å². The molecule has 0 unspecified atom stereocenters. The minimum Gasteiger partial charge on any atom is -0.497 e. The predicted molar refractivity (Wildman–Crippen MR) is 169 cm³/mol. The number of amides is 1. The van der Waals surface area contributed by atoms with Crippen LogP contribution in [0.2, 0.25) is 0 Å². The number of methoxy groups -OCH3 is 1. The molecule has 46 heavy (non-hydrogen) atoms. The molecule has 0 aliphatic carbocycles. The number of hydrogen-bond donors (Lipinski definition) is 3. The number of furan rings is 1. The van der Waals surface area contributed by atoms with E-state index in [9.17, 15) is 18.3 Å². The highest BCUT2D eigenvalue weighted by Crippen LogP contribution is 2.36. The molecule has 12 nitrogen and oxygen atoms in total. The molecule has 0 radical (unpaired) electrons. The van der Waals surface area contributed by atoms with Crippen LogP contribution in [-0.4, -0.2) is 73.4 Å². The fourth-order valence-corrected chi connectivity index (χ4v) is 6.82. The van der Waals surface area contributed by atoms with Gasteiger partial charge in [-0.2, -0.15) is 4.31 Å². The standard InChI is InChI=1S/C33H34N4O8S/c1-42-23-10-12-24(13-11-23)46(40,41)37(14-16-38)15-17-43-32-19-22(26-21-44-29-9-5-2-6-25(26)29)18-30(45-32)33(39)34-20-31-35-27-7-3-4-8-28(27)36-31/h2-13,18,21-22,32,38H,14-17,19-20H2,1H3,(H,34,39)(H,35,36)/t22-,32+/m1/s1. The number of rotatable bonds is 13. The number of carbonyl (C=O) groups excluding carboxylic acids is 1. The summed E-state index contributed by atoms with van der Waals surface area (Å²) in [5, 5.41) is 13.4. The van der Waals surface area contributed by atoms with Gasteiger partial charge >= 0.3 is 0 Å². The van der Waals surface area contributed by atoms with Crippen molar-refractivity contribution in [3.63, 3.8) is 0 Å². The van der Waals surface area contributed by atoms with Gasteiger partial charge in [0.05, 0.1) is 49.1 Å². The second-order valence-electron chi connectivity index (χ2n) is 10.7. The summed E-state index contributed by atoms with van der Waals surface area (Å²) in [6.45, 7) is -0.442. The first-order chi connectivity index (χ1) is 22.4. The third-order valence-electron chi connectivity index (χ3n) is 7.74. The molecule has 5 aromatic rings. The van der Waals surface area contributed by atoms with Gasteiger partial charge in [0, 0.05) is 36.4 Å². The number of aromatic amines is 1. The SMILES string of the molecule is COc1ccc(S(=O)(=O)N(CCO)CCO[C@@H]2C[C@H](c3coc4ccccc34)C=C(C(=O)NCc3nc4ccccc4[nH]3)O2)cc1. The van der Waals surface area contributed by atoms with Gasteiger partial charge in [-0.1, -0.05) is 30.3 Å². The Bertz CT molecular complexity index is 1920. The van der Waals surface area contributed by atoms with Crippen molar-refractivity contribution in [1.29, 1.82) is 0 Å². The number of carbonyl (C=O) groups is 1. The van der Waals surface area contributed by atoms with Crippen LogP contribution in [0.3, 0.4) is 0 Å². The number of nitrogens with zero attached hydrogens (tertiary/aromatic N) is 2. The van der Waals surface area contributed by atoms with E-state index in [-0.39, 0.29) is 49.4 Å². The number of para-hydroxylation sites is 3. The lowest BCUT2D eigenvalue weighted by atomic mass is 9.92. The molecule has 3 N–H and O–H groups in total. The van der Waals surface area contributed by atoms with E-state index in [1.54, 1.807) is 24.5 Å². The molecular weight excluding hydrogens is 612 g/mol. The number of H-pyrrole nitrogens is 1. The Balaban J connectivity index is 1.17. The lowest BCUT2D eigenvalue weighted by Crippen LogP contribution is -2.38. The van der Waals surface area contributed by atoms with Gasteiger partial charge in [0.2, 0.25) is 16.3 Å². The summed E-state index contributed by atoms with van der Waals surface area (Å²) in [4.78, 5) is 21.1. The van der Waals surface area contributed by atoms with E-state index >= 15 is 0 Å². The normalized spacial score (nSPS) is 16.8. The number of aromatic nitrogens is 2. The Morgan fingerprint density at radius 2 is 1.87 bits per heavy atom. The maximum atomic E-state index is 13.4. The van der Waals surface area contributed by atoms with Crippen LogP contribution in [0.1, 0.15) is 23.7 Å². The predicted octanol–water partition coefficient (Wildman–Crippen LogP) is 4.05. The van der Waals surface area contributed by atoms with E-state index in [0.717, 1.165) is 26.3 Å². The largest absolute Gasteiger partial charge is 0.497 e. The highest BCUT2D eigenvalue weighted by atomic mass is 32.2. The molecule has 0 fully saturated rings. The zero-order chi connectivity index (χ0) is 32.1.